The molecule has 88 valence electrons. The maximum absolute atomic E-state index is 13.1. The Bertz CT molecular complexity index is 365. The summed E-state index contributed by atoms with van der Waals surface area (Å²) in [6, 6.07) is 3.60. The Hall–Kier alpha value is -0.700. The number of halogens is 3. The summed E-state index contributed by atoms with van der Waals surface area (Å²) in [4.78, 5) is 4.01. The number of aromatic nitrogens is 1. The number of alkyl halides is 2. The first kappa shape index (κ1) is 11.8. The molecular weight excluding hydrogens is 232 g/mol. The molecule has 0 saturated heterocycles. The molecule has 1 nitrogen and oxygen atoms in total. The van der Waals surface area contributed by atoms with E-state index in [9.17, 15) is 8.78 Å². The van der Waals surface area contributed by atoms with Crippen molar-refractivity contribution in [1.29, 1.82) is 0 Å². The molecule has 16 heavy (non-hydrogen) atoms. The van der Waals surface area contributed by atoms with Crippen LogP contribution in [0.15, 0.2) is 18.3 Å². The summed E-state index contributed by atoms with van der Waals surface area (Å²) in [6.07, 6.45) is 2.64. The number of hydrogen-bond acceptors (Lipinski definition) is 1. The van der Waals surface area contributed by atoms with E-state index >= 15 is 0 Å². The van der Waals surface area contributed by atoms with E-state index in [-0.39, 0.29) is 18.3 Å². The van der Waals surface area contributed by atoms with E-state index in [2.05, 4.69) is 4.98 Å². The highest BCUT2D eigenvalue weighted by molar-refractivity contribution is 6.29. The third kappa shape index (κ3) is 2.34. The van der Waals surface area contributed by atoms with Crippen LogP contribution >= 0.6 is 11.6 Å². The SMILES string of the molecule is CC1(c2ccc(Cl)nc2)CCC(F)(F)CC1. The van der Waals surface area contributed by atoms with Gasteiger partial charge in [0, 0.05) is 19.0 Å². The van der Waals surface area contributed by atoms with Crippen LogP contribution in [0, 0.1) is 0 Å². The summed E-state index contributed by atoms with van der Waals surface area (Å²) in [5.41, 5.74) is 0.826. The van der Waals surface area contributed by atoms with Gasteiger partial charge < -0.3 is 0 Å². The fraction of sp³-hybridized carbons (Fsp3) is 0.583. The normalized spacial score (nSPS) is 23.0. The van der Waals surface area contributed by atoms with Crippen LogP contribution < -0.4 is 0 Å². The fourth-order valence-corrected chi connectivity index (χ4v) is 2.30. The Morgan fingerprint density at radius 2 is 1.81 bits per heavy atom. The molecule has 0 N–H and O–H groups in total. The van der Waals surface area contributed by atoms with E-state index in [1.54, 1.807) is 12.3 Å². The largest absolute Gasteiger partial charge is 0.248 e. The summed E-state index contributed by atoms with van der Waals surface area (Å²) in [5, 5.41) is 0.438. The van der Waals surface area contributed by atoms with E-state index in [4.69, 9.17) is 11.6 Å². The summed E-state index contributed by atoms with van der Waals surface area (Å²) >= 11 is 5.71. The van der Waals surface area contributed by atoms with Crippen molar-refractivity contribution in [2.75, 3.05) is 0 Å². The molecule has 2 rings (SSSR count). The van der Waals surface area contributed by atoms with E-state index in [0.717, 1.165) is 5.56 Å². The molecule has 0 spiro atoms. The molecule has 1 aliphatic rings. The average Bonchev–Trinajstić information content (AvgIpc) is 2.24. The second kappa shape index (κ2) is 3.95. The van der Waals surface area contributed by atoms with Crippen molar-refractivity contribution in [2.45, 2.75) is 43.9 Å². The molecule has 1 fully saturated rings. The minimum absolute atomic E-state index is 0.0356. The molecule has 0 atom stereocenters. The molecule has 0 amide bonds. The zero-order chi connectivity index (χ0) is 11.8. The first-order valence-electron chi connectivity index (χ1n) is 5.41. The van der Waals surface area contributed by atoms with Gasteiger partial charge in [-0.25, -0.2) is 13.8 Å². The van der Waals surface area contributed by atoms with Gasteiger partial charge in [-0.3, -0.25) is 0 Å². The molecule has 1 aromatic heterocycles. The van der Waals surface area contributed by atoms with E-state index in [1.165, 1.54) is 0 Å². The van der Waals surface area contributed by atoms with Gasteiger partial charge in [-0.2, -0.15) is 0 Å². The lowest BCUT2D eigenvalue weighted by molar-refractivity contribution is -0.0498. The lowest BCUT2D eigenvalue weighted by Gasteiger charge is -2.37. The van der Waals surface area contributed by atoms with Gasteiger partial charge in [-0.15, -0.1) is 0 Å². The predicted octanol–water partition coefficient (Wildman–Crippen LogP) is 4.20. The number of rotatable bonds is 1. The second-order valence-corrected chi connectivity index (χ2v) is 5.17. The van der Waals surface area contributed by atoms with E-state index < -0.39 is 5.92 Å². The molecular formula is C12H14ClF2N. The molecule has 0 radical (unpaired) electrons. The lowest BCUT2D eigenvalue weighted by Crippen LogP contribution is -2.34. The zero-order valence-corrected chi connectivity index (χ0v) is 9.90. The summed E-state index contributed by atoms with van der Waals surface area (Å²) in [6.45, 7) is 2.02. The molecule has 1 heterocycles. The predicted molar refractivity (Wildman–Crippen MR) is 60.0 cm³/mol. The first-order chi connectivity index (χ1) is 7.41. The third-order valence-electron chi connectivity index (χ3n) is 3.51. The average molecular weight is 246 g/mol. The standard InChI is InChI=1S/C12H14ClF2N/c1-11(4-6-12(14,15)7-5-11)9-2-3-10(13)16-8-9/h2-3,8H,4-7H2,1H3. The monoisotopic (exact) mass is 245 g/mol. The zero-order valence-electron chi connectivity index (χ0n) is 9.14. The maximum Gasteiger partial charge on any atom is 0.248 e. The number of pyridine rings is 1. The highest BCUT2D eigenvalue weighted by atomic mass is 35.5. The Morgan fingerprint density at radius 1 is 1.19 bits per heavy atom. The van der Waals surface area contributed by atoms with Crippen LogP contribution in [-0.4, -0.2) is 10.9 Å². The van der Waals surface area contributed by atoms with Crippen molar-refractivity contribution < 1.29 is 8.78 Å². The van der Waals surface area contributed by atoms with Gasteiger partial charge in [-0.05, 0) is 29.9 Å². The molecule has 4 heteroatoms. The van der Waals surface area contributed by atoms with Crippen LogP contribution in [0.3, 0.4) is 0 Å². The quantitative estimate of drug-likeness (QED) is 0.676. The van der Waals surface area contributed by atoms with Crippen LogP contribution in [0.5, 0.6) is 0 Å². The van der Waals surface area contributed by atoms with Gasteiger partial charge in [0.05, 0.1) is 0 Å². The molecule has 0 aliphatic heterocycles. The molecule has 1 saturated carbocycles. The molecule has 0 unspecified atom stereocenters. The maximum atomic E-state index is 13.1. The summed E-state index contributed by atoms with van der Waals surface area (Å²) in [7, 11) is 0. The topological polar surface area (TPSA) is 12.9 Å². The first-order valence-corrected chi connectivity index (χ1v) is 5.79. The van der Waals surface area contributed by atoms with Gasteiger partial charge in [0.15, 0.2) is 0 Å². The van der Waals surface area contributed by atoms with Crippen molar-refractivity contribution in [2.24, 2.45) is 0 Å². The van der Waals surface area contributed by atoms with Crippen molar-refractivity contribution in [3.8, 4) is 0 Å². The van der Waals surface area contributed by atoms with E-state index in [0.29, 0.717) is 18.0 Å². The lowest BCUT2D eigenvalue weighted by atomic mass is 9.70. The minimum atomic E-state index is -2.49. The summed E-state index contributed by atoms with van der Waals surface area (Å²) < 4.78 is 26.2. The molecule has 1 aromatic rings. The minimum Gasteiger partial charge on any atom is -0.244 e. The van der Waals surface area contributed by atoms with Gasteiger partial charge in [0.1, 0.15) is 5.15 Å². The Morgan fingerprint density at radius 3 is 2.31 bits per heavy atom. The van der Waals surface area contributed by atoms with Crippen LogP contribution in [-0.2, 0) is 5.41 Å². The van der Waals surface area contributed by atoms with E-state index in [1.807, 2.05) is 13.0 Å². The Labute approximate surface area is 98.8 Å². The van der Waals surface area contributed by atoms with Gasteiger partial charge >= 0.3 is 0 Å². The highest BCUT2D eigenvalue weighted by Crippen LogP contribution is 2.44. The second-order valence-electron chi connectivity index (χ2n) is 4.79. The highest BCUT2D eigenvalue weighted by Gasteiger charge is 2.41. The molecule has 0 aromatic carbocycles. The Balaban J connectivity index is 2.18. The fourth-order valence-electron chi connectivity index (χ4n) is 2.19. The third-order valence-corrected chi connectivity index (χ3v) is 3.73. The summed E-state index contributed by atoms with van der Waals surface area (Å²) in [5.74, 6) is -2.49. The van der Waals surface area contributed by atoms with Gasteiger partial charge in [0.25, 0.3) is 0 Å². The Kier molecular flexibility index (Phi) is 2.91. The molecule has 1 aliphatic carbocycles. The van der Waals surface area contributed by atoms with Crippen molar-refractivity contribution >= 4 is 11.6 Å². The number of nitrogens with zero attached hydrogens (tertiary/aromatic N) is 1. The van der Waals surface area contributed by atoms with Crippen molar-refractivity contribution in [1.82, 2.24) is 4.98 Å². The van der Waals surface area contributed by atoms with Crippen LogP contribution in [0.2, 0.25) is 5.15 Å². The van der Waals surface area contributed by atoms with Crippen LogP contribution in [0.4, 0.5) is 8.78 Å². The van der Waals surface area contributed by atoms with Gasteiger partial charge in [0.2, 0.25) is 5.92 Å². The van der Waals surface area contributed by atoms with Gasteiger partial charge in [-0.1, -0.05) is 24.6 Å². The smallest absolute Gasteiger partial charge is 0.244 e. The number of hydrogen-bond donors (Lipinski definition) is 0. The molecule has 0 bridgehead atoms. The van der Waals surface area contributed by atoms with Crippen molar-refractivity contribution in [3.05, 3.63) is 29.0 Å². The van der Waals surface area contributed by atoms with Crippen LogP contribution in [0.1, 0.15) is 38.2 Å². The van der Waals surface area contributed by atoms with Crippen LogP contribution in [0.25, 0.3) is 0 Å². The van der Waals surface area contributed by atoms with Crippen molar-refractivity contribution in [3.63, 3.8) is 0 Å².